The molecule has 1 rings (SSSR count). The Bertz CT molecular complexity index is 161. The lowest BCUT2D eigenvalue weighted by molar-refractivity contribution is -0.146. The molecule has 0 aromatic carbocycles. The Hall–Kier alpha value is -0.610. The number of hydrogen-bond donors (Lipinski definition) is 1. The molecule has 1 heterocycles. The highest BCUT2D eigenvalue weighted by atomic mass is 16.5. The predicted molar refractivity (Wildman–Crippen MR) is 45.9 cm³/mol. The van der Waals surface area contributed by atoms with Crippen LogP contribution in [-0.2, 0) is 9.53 Å². The first-order valence-corrected chi connectivity index (χ1v) is 4.32. The van der Waals surface area contributed by atoms with Crippen molar-refractivity contribution in [2.75, 3.05) is 33.3 Å². The summed E-state index contributed by atoms with van der Waals surface area (Å²) in [5.74, 6) is -0.135. The van der Waals surface area contributed by atoms with Crippen LogP contribution in [0.1, 0.15) is 6.92 Å². The first-order valence-electron chi connectivity index (χ1n) is 4.32. The van der Waals surface area contributed by atoms with Crippen LogP contribution in [0.3, 0.4) is 0 Å². The van der Waals surface area contributed by atoms with E-state index in [2.05, 4.69) is 10.2 Å². The molecular formula is C8H16N2O2. The van der Waals surface area contributed by atoms with Crippen LogP contribution in [0.15, 0.2) is 0 Å². The molecule has 0 aromatic heterocycles. The van der Waals surface area contributed by atoms with E-state index in [1.54, 1.807) is 0 Å². The molecule has 0 aliphatic carbocycles. The fourth-order valence-electron chi connectivity index (χ4n) is 1.30. The summed E-state index contributed by atoms with van der Waals surface area (Å²) in [6, 6.07) is -0.135. The van der Waals surface area contributed by atoms with Gasteiger partial charge in [-0.15, -0.1) is 0 Å². The van der Waals surface area contributed by atoms with Crippen molar-refractivity contribution in [2.24, 2.45) is 0 Å². The summed E-state index contributed by atoms with van der Waals surface area (Å²) >= 11 is 0. The maximum absolute atomic E-state index is 11.2. The summed E-state index contributed by atoms with van der Waals surface area (Å²) in [6.45, 7) is 4.89. The molecule has 0 unspecified atom stereocenters. The minimum atomic E-state index is -0.135. The highest BCUT2D eigenvalue weighted by Gasteiger charge is 2.23. The zero-order valence-corrected chi connectivity index (χ0v) is 7.67. The Kier molecular flexibility index (Phi) is 3.49. The van der Waals surface area contributed by atoms with Crippen LogP contribution in [0.4, 0.5) is 0 Å². The van der Waals surface area contributed by atoms with Crippen LogP contribution in [0.5, 0.6) is 0 Å². The van der Waals surface area contributed by atoms with E-state index in [4.69, 9.17) is 4.74 Å². The van der Waals surface area contributed by atoms with Gasteiger partial charge >= 0.3 is 5.97 Å². The molecule has 1 N–H and O–H groups in total. The summed E-state index contributed by atoms with van der Waals surface area (Å²) in [6.07, 6.45) is 0. The lowest BCUT2D eigenvalue weighted by atomic mass is 10.2. The first kappa shape index (κ1) is 9.48. The monoisotopic (exact) mass is 172 g/mol. The summed E-state index contributed by atoms with van der Waals surface area (Å²) < 4.78 is 4.90. The molecule has 0 saturated carbocycles. The van der Waals surface area contributed by atoms with Crippen molar-refractivity contribution in [3.8, 4) is 0 Å². The highest BCUT2D eigenvalue weighted by Crippen LogP contribution is 1.97. The quantitative estimate of drug-likeness (QED) is 0.568. The van der Waals surface area contributed by atoms with E-state index in [1.165, 1.54) is 0 Å². The first-order chi connectivity index (χ1) is 5.74. The summed E-state index contributed by atoms with van der Waals surface area (Å²) in [7, 11) is 2.01. The number of ether oxygens (including phenoxy) is 1. The van der Waals surface area contributed by atoms with E-state index in [1.807, 2.05) is 14.0 Å². The van der Waals surface area contributed by atoms with Gasteiger partial charge in [0, 0.05) is 19.6 Å². The third kappa shape index (κ3) is 2.46. The molecule has 4 heteroatoms. The van der Waals surface area contributed by atoms with Gasteiger partial charge in [-0.2, -0.15) is 0 Å². The molecule has 70 valence electrons. The molecule has 1 saturated heterocycles. The Labute approximate surface area is 72.9 Å². The number of piperazine rings is 1. The van der Waals surface area contributed by atoms with Crippen LogP contribution in [0.25, 0.3) is 0 Å². The number of likely N-dealkylation sites (N-methyl/N-ethyl adjacent to an activating group) is 1. The van der Waals surface area contributed by atoms with Gasteiger partial charge < -0.3 is 15.0 Å². The second kappa shape index (κ2) is 4.42. The summed E-state index contributed by atoms with van der Waals surface area (Å²) in [5.41, 5.74) is 0. The number of nitrogens with zero attached hydrogens (tertiary/aromatic N) is 1. The standard InChI is InChI=1S/C8H16N2O2/c1-3-12-8(11)7-6-10(2)5-4-9-7/h7,9H,3-6H2,1-2H3/t7-/m0/s1. The van der Waals surface area contributed by atoms with Gasteiger partial charge in [-0.25, -0.2) is 0 Å². The molecule has 0 radical (unpaired) electrons. The minimum absolute atomic E-state index is 0.135. The van der Waals surface area contributed by atoms with E-state index in [-0.39, 0.29) is 12.0 Å². The van der Waals surface area contributed by atoms with Crippen molar-refractivity contribution < 1.29 is 9.53 Å². The number of esters is 1. The van der Waals surface area contributed by atoms with E-state index in [9.17, 15) is 4.79 Å². The Morgan fingerprint density at radius 3 is 3.08 bits per heavy atom. The molecular weight excluding hydrogens is 156 g/mol. The normalized spacial score (nSPS) is 25.3. The van der Waals surface area contributed by atoms with Crippen molar-refractivity contribution in [1.29, 1.82) is 0 Å². The van der Waals surface area contributed by atoms with Crippen LogP contribution in [-0.4, -0.2) is 50.2 Å². The molecule has 1 aliphatic heterocycles. The molecule has 0 bridgehead atoms. The molecule has 4 nitrogen and oxygen atoms in total. The number of rotatable bonds is 2. The van der Waals surface area contributed by atoms with Gasteiger partial charge in [0.25, 0.3) is 0 Å². The van der Waals surface area contributed by atoms with Gasteiger partial charge in [-0.3, -0.25) is 4.79 Å². The topological polar surface area (TPSA) is 41.6 Å². The van der Waals surface area contributed by atoms with Crippen LogP contribution in [0, 0.1) is 0 Å². The van der Waals surface area contributed by atoms with Gasteiger partial charge in [-0.1, -0.05) is 0 Å². The fourth-order valence-corrected chi connectivity index (χ4v) is 1.30. The van der Waals surface area contributed by atoms with E-state index >= 15 is 0 Å². The predicted octanol–water partition coefficient (Wildman–Crippen LogP) is -0.547. The average molecular weight is 172 g/mol. The summed E-state index contributed by atoms with van der Waals surface area (Å²) in [4.78, 5) is 13.4. The molecule has 0 aromatic rings. The Morgan fingerprint density at radius 2 is 2.50 bits per heavy atom. The van der Waals surface area contributed by atoms with Gasteiger partial charge in [-0.05, 0) is 14.0 Å². The number of carbonyl (C=O) groups excluding carboxylic acids is 1. The van der Waals surface area contributed by atoms with Crippen molar-refractivity contribution >= 4 is 5.97 Å². The van der Waals surface area contributed by atoms with Crippen molar-refractivity contribution in [3.05, 3.63) is 0 Å². The van der Waals surface area contributed by atoms with Gasteiger partial charge in [0.05, 0.1) is 6.61 Å². The largest absolute Gasteiger partial charge is 0.465 e. The average Bonchev–Trinajstić information content (AvgIpc) is 2.05. The van der Waals surface area contributed by atoms with Gasteiger partial charge in [0.15, 0.2) is 0 Å². The molecule has 1 aliphatic rings. The number of hydrogen-bond acceptors (Lipinski definition) is 4. The summed E-state index contributed by atoms with van der Waals surface area (Å²) in [5, 5.41) is 3.12. The van der Waals surface area contributed by atoms with Crippen molar-refractivity contribution in [3.63, 3.8) is 0 Å². The van der Waals surface area contributed by atoms with Crippen molar-refractivity contribution in [2.45, 2.75) is 13.0 Å². The smallest absolute Gasteiger partial charge is 0.324 e. The van der Waals surface area contributed by atoms with E-state index in [0.717, 1.165) is 19.6 Å². The molecule has 0 amide bonds. The Morgan fingerprint density at radius 1 is 1.75 bits per heavy atom. The zero-order valence-electron chi connectivity index (χ0n) is 7.67. The third-order valence-corrected chi connectivity index (χ3v) is 1.95. The maximum atomic E-state index is 11.2. The lowest BCUT2D eigenvalue weighted by Crippen LogP contribution is -2.53. The van der Waals surface area contributed by atoms with E-state index in [0.29, 0.717) is 6.61 Å². The minimum Gasteiger partial charge on any atom is -0.465 e. The molecule has 1 fully saturated rings. The maximum Gasteiger partial charge on any atom is 0.324 e. The Balaban J connectivity index is 2.35. The number of carbonyl (C=O) groups is 1. The van der Waals surface area contributed by atoms with Gasteiger partial charge in [0.1, 0.15) is 6.04 Å². The second-order valence-electron chi connectivity index (χ2n) is 3.02. The van der Waals surface area contributed by atoms with Crippen LogP contribution < -0.4 is 5.32 Å². The molecule has 1 atom stereocenters. The fraction of sp³-hybridized carbons (Fsp3) is 0.875. The third-order valence-electron chi connectivity index (χ3n) is 1.95. The highest BCUT2D eigenvalue weighted by molar-refractivity contribution is 5.76. The number of nitrogens with one attached hydrogen (secondary N) is 1. The lowest BCUT2D eigenvalue weighted by Gasteiger charge is -2.29. The van der Waals surface area contributed by atoms with Crippen LogP contribution >= 0.6 is 0 Å². The zero-order chi connectivity index (χ0) is 8.97. The molecule has 12 heavy (non-hydrogen) atoms. The van der Waals surface area contributed by atoms with Crippen LogP contribution in [0.2, 0.25) is 0 Å². The molecule has 0 spiro atoms. The van der Waals surface area contributed by atoms with E-state index < -0.39 is 0 Å². The SMILES string of the molecule is CCOC(=O)[C@@H]1CN(C)CCN1. The van der Waals surface area contributed by atoms with Gasteiger partial charge in [0.2, 0.25) is 0 Å². The second-order valence-corrected chi connectivity index (χ2v) is 3.02. The van der Waals surface area contributed by atoms with Crippen molar-refractivity contribution in [1.82, 2.24) is 10.2 Å².